The van der Waals surface area contributed by atoms with Crippen LogP contribution in [-0.4, -0.2) is 25.6 Å². The number of imidazole rings is 1. The smallest absolute Gasteiger partial charge is 0.219 e. The molecule has 7 heteroatoms. The third kappa shape index (κ3) is 4.66. The van der Waals surface area contributed by atoms with E-state index in [1.54, 1.807) is 30.9 Å². The van der Waals surface area contributed by atoms with E-state index in [1.807, 2.05) is 65.4 Å². The Bertz CT molecular complexity index is 1060. The molecule has 0 aliphatic rings. The number of nitrogens with one attached hydrogen (secondary N) is 1. The number of ether oxygens (including phenoxy) is 1. The van der Waals surface area contributed by atoms with Gasteiger partial charge in [0.05, 0.1) is 12.9 Å². The van der Waals surface area contributed by atoms with E-state index in [9.17, 15) is 5.21 Å². The van der Waals surface area contributed by atoms with Gasteiger partial charge in [-0.05, 0) is 35.9 Å². The Morgan fingerprint density at radius 3 is 2.52 bits per heavy atom. The largest absolute Gasteiger partial charge is 0.439 e. The first-order valence-corrected chi connectivity index (χ1v) is 9.03. The van der Waals surface area contributed by atoms with Crippen molar-refractivity contribution in [2.75, 3.05) is 0 Å². The summed E-state index contributed by atoms with van der Waals surface area (Å²) in [5.74, 6) is 1.47. The van der Waals surface area contributed by atoms with Crippen LogP contribution in [0.15, 0.2) is 96.6 Å². The standard InChI is InChI=1S/C22H19N5O2/c28-26-22(25-14-17-4-2-1-3-5-17)18-6-11-21(24-15-18)29-20-9-7-19(8-10-20)27-13-12-23-16-27/h1-13,15-16,28H,14H2,(H,25,26). The van der Waals surface area contributed by atoms with Crippen LogP contribution in [0.5, 0.6) is 11.6 Å². The van der Waals surface area contributed by atoms with Crippen molar-refractivity contribution < 1.29 is 9.94 Å². The highest BCUT2D eigenvalue weighted by atomic mass is 16.5. The van der Waals surface area contributed by atoms with E-state index in [2.05, 4.69) is 20.4 Å². The lowest BCUT2D eigenvalue weighted by Gasteiger charge is -2.08. The van der Waals surface area contributed by atoms with Crippen LogP contribution in [0.3, 0.4) is 0 Å². The Kier molecular flexibility index (Phi) is 5.59. The molecule has 2 aromatic carbocycles. The molecule has 0 spiro atoms. The lowest BCUT2D eigenvalue weighted by atomic mass is 10.2. The van der Waals surface area contributed by atoms with Crippen LogP contribution < -0.4 is 10.2 Å². The highest BCUT2D eigenvalue weighted by molar-refractivity contribution is 5.97. The lowest BCUT2D eigenvalue weighted by molar-refractivity contribution is 0.234. The van der Waals surface area contributed by atoms with Gasteiger partial charge in [-0.25, -0.2) is 9.97 Å². The van der Waals surface area contributed by atoms with Gasteiger partial charge in [0, 0.05) is 35.9 Å². The Morgan fingerprint density at radius 2 is 1.86 bits per heavy atom. The minimum atomic E-state index is 0.345. The van der Waals surface area contributed by atoms with Gasteiger partial charge in [-0.2, -0.15) is 0 Å². The van der Waals surface area contributed by atoms with E-state index in [4.69, 9.17) is 4.74 Å². The first-order chi connectivity index (χ1) is 14.3. The number of hydrogen-bond donors (Lipinski definition) is 2. The van der Waals surface area contributed by atoms with Crippen molar-refractivity contribution in [3.05, 3.63) is 103 Å². The molecule has 29 heavy (non-hydrogen) atoms. The second kappa shape index (κ2) is 8.81. The highest BCUT2D eigenvalue weighted by Gasteiger charge is 2.05. The maximum absolute atomic E-state index is 9.42. The molecule has 144 valence electrons. The number of pyridine rings is 1. The first-order valence-electron chi connectivity index (χ1n) is 9.03. The van der Waals surface area contributed by atoms with Crippen LogP contribution in [0.1, 0.15) is 11.1 Å². The number of aliphatic imine (C=N–C) groups is 1. The van der Waals surface area contributed by atoms with E-state index in [0.29, 0.717) is 29.6 Å². The van der Waals surface area contributed by atoms with Crippen LogP contribution in [0.25, 0.3) is 5.69 Å². The van der Waals surface area contributed by atoms with Crippen LogP contribution in [0.4, 0.5) is 0 Å². The van der Waals surface area contributed by atoms with Crippen molar-refractivity contribution in [1.29, 1.82) is 0 Å². The highest BCUT2D eigenvalue weighted by Crippen LogP contribution is 2.21. The third-order valence-corrected chi connectivity index (χ3v) is 4.24. The van der Waals surface area contributed by atoms with Crippen LogP contribution >= 0.6 is 0 Å². The lowest BCUT2D eigenvalue weighted by Crippen LogP contribution is -2.20. The van der Waals surface area contributed by atoms with Gasteiger partial charge < -0.3 is 9.30 Å². The Morgan fingerprint density at radius 1 is 1.03 bits per heavy atom. The van der Waals surface area contributed by atoms with E-state index in [1.165, 1.54) is 0 Å². The molecule has 7 nitrogen and oxygen atoms in total. The average molecular weight is 385 g/mol. The molecule has 2 aromatic heterocycles. The zero-order chi connectivity index (χ0) is 19.9. The van der Waals surface area contributed by atoms with Gasteiger partial charge in [0.25, 0.3) is 0 Å². The summed E-state index contributed by atoms with van der Waals surface area (Å²) in [5, 5.41) is 9.42. The molecule has 2 N–H and O–H groups in total. The summed E-state index contributed by atoms with van der Waals surface area (Å²) in [4.78, 5) is 12.7. The monoisotopic (exact) mass is 385 g/mol. The normalized spacial score (nSPS) is 11.3. The molecule has 0 unspecified atom stereocenters. The number of aromatic nitrogens is 3. The average Bonchev–Trinajstić information content (AvgIpc) is 3.31. The quantitative estimate of drug-likeness (QED) is 0.298. The molecule has 0 aliphatic heterocycles. The van der Waals surface area contributed by atoms with Crippen molar-refractivity contribution in [3.8, 4) is 17.3 Å². The van der Waals surface area contributed by atoms with Crippen LogP contribution in [0.2, 0.25) is 0 Å². The molecule has 4 rings (SSSR count). The molecule has 0 amide bonds. The summed E-state index contributed by atoms with van der Waals surface area (Å²) in [6, 6.07) is 20.9. The summed E-state index contributed by atoms with van der Waals surface area (Å²) in [5.41, 5.74) is 4.84. The molecule has 0 atom stereocenters. The van der Waals surface area contributed by atoms with Gasteiger partial charge in [-0.1, -0.05) is 30.3 Å². The molecular formula is C22H19N5O2. The maximum Gasteiger partial charge on any atom is 0.219 e. The zero-order valence-electron chi connectivity index (χ0n) is 15.5. The Labute approximate surface area is 167 Å². The van der Waals surface area contributed by atoms with Gasteiger partial charge in [0.1, 0.15) is 5.75 Å². The fraction of sp³-hybridized carbons (Fsp3) is 0.0455. The van der Waals surface area contributed by atoms with Crippen molar-refractivity contribution in [2.24, 2.45) is 4.99 Å². The summed E-state index contributed by atoms with van der Waals surface area (Å²) < 4.78 is 7.70. The summed E-state index contributed by atoms with van der Waals surface area (Å²) in [6.45, 7) is 0.450. The van der Waals surface area contributed by atoms with Gasteiger partial charge in [0.2, 0.25) is 5.88 Å². The summed E-state index contributed by atoms with van der Waals surface area (Å²) in [6.07, 6.45) is 6.95. The number of amidine groups is 1. The van der Waals surface area contributed by atoms with Gasteiger partial charge >= 0.3 is 0 Å². The van der Waals surface area contributed by atoms with Gasteiger partial charge in [-0.15, -0.1) is 0 Å². The van der Waals surface area contributed by atoms with Crippen LogP contribution in [0, 0.1) is 0 Å². The number of nitrogens with zero attached hydrogens (tertiary/aromatic N) is 4. The molecule has 0 aliphatic carbocycles. The van der Waals surface area contributed by atoms with Gasteiger partial charge in [-0.3, -0.25) is 15.7 Å². The van der Waals surface area contributed by atoms with E-state index < -0.39 is 0 Å². The van der Waals surface area contributed by atoms with Crippen molar-refractivity contribution >= 4 is 5.84 Å². The molecule has 4 aromatic rings. The topological polar surface area (TPSA) is 84.6 Å². The Hall–Kier alpha value is -3.97. The van der Waals surface area contributed by atoms with Crippen molar-refractivity contribution in [3.63, 3.8) is 0 Å². The van der Waals surface area contributed by atoms with Crippen molar-refractivity contribution in [2.45, 2.75) is 6.54 Å². The van der Waals surface area contributed by atoms with E-state index >= 15 is 0 Å². The second-order valence-corrected chi connectivity index (χ2v) is 6.21. The maximum atomic E-state index is 9.42. The van der Waals surface area contributed by atoms with Crippen LogP contribution in [-0.2, 0) is 6.54 Å². The minimum absolute atomic E-state index is 0.345. The van der Waals surface area contributed by atoms with Crippen molar-refractivity contribution in [1.82, 2.24) is 20.0 Å². The molecule has 0 fully saturated rings. The molecule has 2 heterocycles. The molecular weight excluding hydrogens is 366 g/mol. The van der Waals surface area contributed by atoms with E-state index in [-0.39, 0.29) is 0 Å². The Balaban J connectivity index is 1.43. The summed E-state index contributed by atoms with van der Waals surface area (Å²) >= 11 is 0. The number of rotatable bonds is 6. The zero-order valence-corrected chi connectivity index (χ0v) is 15.5. The third-order valence-electron chi connectivity index (χ3n) is 4.24. The number of hydrogen-bond acceptors (Lipinski definition) is 5. The fourth-order valence-corrected chi connectivity index (χ4v) is 2.74. The molecule has 0 bridgehead atoms. The van der Waals surface area contributed by atoms with E-state index in [0.717, 1.165) is 11.3 Å². The SMILES string of the molecule is ONC(=NCc1ccccc1)c1ccc(Oc2ccc(-n3ccnc3)cc2)nc1. The number of hydroxylamine groups is 1. The first kappa shape index (κ1) is 18.4. The molecule has 0 radical (unpaired) electrons. The van der Waals surface area contributed by atoms with Gasteiger partial charge in [0.15, 0.2) is 5.84 Å². The molecule has 0 saturated heterocycles. The summed E-state index contributed by atoms with van der Waals surface area (Å²) in [7, 11) is 0. The number of benzene rings is 2. The predicted molar refractivity (Wildman–Crippen MR) is 109 cm³/mol. The minimum Gasteiger partial charge on any atom is -0.439 e. The predicted octanol–water partition coefficient (Wildman–Crippen LogP) is 3.99. The fourth-order valence-electron chi connectivity index (χ4n) is 2.74. The second-order valence-electron chi connectivity index (χ2n) is 6.21. The molecule has 0 saturated carbocycles.